The van der Waals surface area contributed by atoms with Gasteiger partial charge in [-0.2, -0.15) is 0 Å². The van der Waals surface area contributed by atoms with Gasteiger partial charge in [0.25, 0.3) is 0 Å². The molecule has 0 atom stereocenters. The molecule has 0 spiro atoms. The third-order valence-corrected chi connectivity index (χ3v) is 4.00. The zero-order valence-corrected chi connectivity index (χ0v) is 12.1. The Bertz CT molecular complexity index is 483. The largest absolute Gasteiger partial charge is 0.494 e. The smallest absolute Gasteiger partial charge is 0.399 e. The van der Waals surface area contributed by atoms with E-state index in [2.05, 4.69) is 5.32 Å². The fraction of sp³-hybridized carbons (Fsp3) is 0.500. The van der Waals surface area contributed by atoms with Crippen LogP contribution < -0.4 is 10.8 Å². The van der Waals surface area contributed by atoms with E-state index in [1.54, 1.807) is 0 Å². The molecular weight excluding hydrogens is 241 g/mol. The summed E-state index contributed by atoms with van der Waals surface area (Å²) in [5.74, 6) is 0. The minimum Gasteiger partial charge on any atom is -0.399 e. The highest BCUT2D eigenvalue weighted by molar-refractivity contribution is 6.62. The number of amides is 1. The van der Waals surface area contributed by atoms with Crippen molar-refractivity contribution in [1.82, 2.24) is 0 Å². The van der Waals surface area contributed by atoms with Crippen molar-refractivity contribution in [1.29, 1.82) is 0 Å². The van der Waals surface area contributed by atoms with E-state index in [1.807, 2.05) is 52.8 Å². The summed E-state index contributed by atoms with van der Waals surface area (Å²) >= 11 is 0. The molecule has 19 heavy (non-hydrogen) atoms. The van der Waals surface area contributed by atoms with E-state index in [1.165, 1.54) is 0 Å². The molecule has 1 aliphatic rings. The van der Waals surface area contributed by atoms with Crippen LogP contribution in [0.3, 0.4) is 0 Å². The molecular formula is C14H20BNO3. The van der Waals surface area contributed by atoms with Crippen molar-refractivity contribution in [2.24, 2.45) is 0 Å². The second-order valence-electron chi connectivity index (χ2n) is 5.92. The highest BCUT2D eigenvalue weighted by Gasteiger charge is 2.51. The number of nitrogens with one attached hydrogen (secondary N) is 1. The quantitative estimate of drug-likeness (QED) is 0.667. The number of hydrogen-bond donors (Lipinski definition) is 1. The Morgan fingerprint density at radius 3 is 2.26 bits per heavy atom. The molecule has 1 fully saturated rings. The number of carbonyl (C=O) groups is 1. The Kier molecular flexibility index (Phi) is 3.45. The maximum Gasteiger partial charge on any atom is 0.494 e. The maximum absolute atomic E-state index is 10.6. The number of rotatable bonds is 3. The fourth-order valence-corrected chi connectivity index (χ4v) is 1.98. The van der Waals surface area contributed by atoms with Crippen LogP contribution in [0.2, 0.25) is 0 Å². The summed E-state index contributed by atoms with van der Waals surface area (Å²) in [6, 6.07) is 5.81. The zero-order chi connectivity index (χ0) is 14.3. The first-order valence-corrected chi connectivity index (χ1v) is 6.43. The Morgan fingerprint density at radius 2 is 1.74 bits per heavy atom. The van der Waals surface area contributed by atoms with Crippen LogP contribution in [0.1, 0.15) is 33.3 Å². The van der Waals surface area contributed by atoms with Gasteiger partial charge >= 0.3 is 7.12 Å². The Morgan fingerprint density at radius 1 is 1.16 bits per heavy atom. The third kappa shape index (κ3) is 2.53. The summed E-state index contributed by atoms with van der Waals surface area (Å²) in [4.78, 5) is 10.6. The lowest BCUT2D eigenvalue weighted by molar-refractivity contribution is -0.105. The van der Waals surface area contributed by atoms with Gasteiger partial charge in [0, 0.05) is 5.69 Å². The highest BCUT2D eigenvalue weighted by atomic mass is 16.7. The van der Waals surface area contributed by atoms with Gasteiger partial charge in [-0.3, -0.25) is 4.79 Å². The fourth-order valence-electron chi connectivity index (χ4n) is 1.98. The summed E-state index contributed by atoms with van der Waals surface area (Å²) in [6.07, 6.45) is 0.677. The molecule has 1 amide bonds. The molecule has 1 N–H and O–H groups in total. The van der Waals surface area contributed by atoms with E-state index in [9.17, 15) is 4.79 Å². The van der Waals surface area contributed by atoms with Crippen LogP contribution >= 0.6 is 0 Å². The third-order valence-electron chi connectivity index (χ3n) is 4.00. The van der Waals surface area contributed by atoms with Crippen LogP contribution in [0, 0.1) is 6.92 Å². The summed E-state index contributed by atoms with van der Waals surface area (Å²) in [6.45, 7) is 10.0. The summed E-state index contributed by atoms with van der Waals surface area (Å²) in [5, 5.41) is 2.69. The van der Waals surface area contributed by atoms with Gasteiger partial charge in [-0.05, 0) is 51.7 Å². The first kappa shape index (κ1) is 14.1. The number of carbonyl (C=O) groups excluding carboxylic acids is 1. The SMILES string of the molecule is Cc1ccc(B2OC(C)(C)C(C)(C)O2)cc1NC=O. The summed E-state index contributed by atoms with van der Waals surface area (Å²) < 4.78 is 12.0. The van der Waals surface area contributed by atoms with Gasteiger partial charge in [0.1, 0.15) is 0 Å². The molecule has 1 saturated heterocycles. The molecule has 0 aromatic heterocycles. The standard InChI is InChI=1S/C14H20BNO3/c1-10-6-7-11(8-12(10)16-9-17)15-18-13(2,3)14(4,5)19-15/h6-9H,1-5H3,(H,16,17). The predicted molar refractivity (Wildman–Crippen MR) is 76.6 cm³/mol. The molecule has 5 heteroatoms. The maximum atomic E-state index is 10.6. The van der Waals surface area contributed by atoms with E-state index in [0.29, 0.717) is 6.41 Å². The lowest BCUT2D eigenvalue weighted by atomic mass is 9.78. The van der Waals surface area contributed by atoms with E-state index in [4.69, 9.17) is 9.31 Å². The van der Waals surface area contributed by atoms with Gasteiger partial charge in [0.15, 0.2) is 0 Å². The second-order valence-corrected chi connectivity index (χ2v) is 5.92. The van der Waals surface area contributed by atoms with Gasteiger partial charge in [0.2, 0.25) is 6.41 Å². The van der Waals surface area contributed by atoms with E-state index < -0.39 is 7.12 Å². The van der Waals surface area contributed by atoms with Gasteiger partial charge in [-0.1, -0.05) is 12.1 Å². The number of hydrogen-bond acceptors (Lipinski definition) is 3. The molecule has 1 heterocycles. The van der Waals surface area contributed by atoms with Crippen LogP contribution in [0.5, 0.6) is 0 Å². The van der Waals surface area contributed by atoms with Gasteiger partial charge in [-0.15, -0.1) is 0 Å². The van der Waals surface area contributed by atoms with Crippen molar-refractivity contribution in [3.8, 4) is 0 Å². The lowest BCUT2D eigenvalue weighted by Gasteiger charge is -2.32. The van der Waals surface area contributed by atoms with Crippen molar-refractivity contribution in [3.63, 3.8) is 0 Å². The first-order chi connectivity index (χ1) is 8.77. The molecule has 0 aliphatic carbocycles. The van der Waals surface area contributed by atoms with E-state index >= 15 is 0 Å². The van der Waals surface area contributed by atoms with Crippen molar-refractivity contribution >= 4 is 24.7 Å². The van der Waals surface area contributed by atoms with Crippen LogP contribution in [0.15, 0.2) is 18.2 Å². The lowest BCUT2D eigenvalue weighted by Crippen LogP contribution is -2.41. The molecule has 4 nitrogen and oxygen atoms in total. The highest BCUT2D eigenvalue weighted by Crippen LogP contribution is 2.36. The van der Waals surface area contributed by atoms with Crippen molar-refractivity contribution < 1.29 is 14.1 Å². The normalized spacial score (nSPS) is 20.4. The average molecular weight is 261 g/mol. The van der Waals surface area contributed by atoms with Crippen LogP contribution in [0.4, 0.5) is 5.69 Å². The second kappa shape index (κ2) is 4.65. The van der Waals surface area contributed by atoms with Crippen molar-refractivity contribution in [3.05, 3.63) is 23.8 Å². The molecule has 102 valence electrons. The van der Waals surface area contributed by atoms with Crippen molar-refractivity contribution in [2.45, 2.75) is 45.8 Å². The molecule has 0 radical (unpaired) electrons. The number of aryl methyl sites for hydroxylation is 1. The predicted octanol–water partition coefficient (Wildman–Crippen LogP) is 1.86. The minimum absolute atomic E-state index is 0.360. The summed E-state index contributed by atoms with van der Waals surface area (Å²) in [7, 11) is -0.405. The van der Waals surface area contributed by atoms with E-state index in [0.717, 1.165) is 16.7 Å². The monoisotopic (exact) mass is 261 g/mol. The molecule has 1 aliphatic heterocycles. The van der Waals surface area contributed by atoms with Crippen LogP contribution in [0.25, 0.3) is 0 Å². The first-order valence-electron chi connectivity index (χ1n) is 6.43. The van der Waals surface area contributed by atoms with Crippen LogP contribution in [-0.4, -0.2) is 24.7 Å². The Balaban J connectivity index is 2.29. The molecule has 0 bridgehead atoms. The number of benzene rings is 1. The average Bonchev–Trinajstić information content (AvgIpc) is 2.51. The zero-order valence-electron chi connectivity index (χ0n) is 12.1. The summed E-state index contributed by atoms with van der Waals surface area (Å²) in [5.41, 5.74) is 1.98. The Hall–Kier alpha value is -1.33. The van der Waals surface area contributed by atoms with Gasteiger partial charge in [0.05, 0.1) is 11.2 Å². The van der Waals surface area contributed by atoms with Crippen LogP contribution in [-0.2, 0) is 14.1 Å². The molecule has 0 saturated carbocycles. The molecule has 1 aromatic rings. The Labute approximate surface area is 114 Å². The van der Waals surface area contributed by atoms with E-state index in [-0.39, 0.29) is 11.2 Å². The minimum atomic E-state index is -0.405. The topological polar surface area (TPSA) is 47.6 Å². The van der Waals surface area contributed by atoms with Gasteiger partial charge < -0.3 is 14.6 Å². The van der Waals surface area contributed by atoms with Gasteiger partial charge in [-0.25, -0.2) is 0 Å². The van der Waals surface area contributed by atoms with Crippen molar-refractivity contribution in [2.75, 3.05) is 5.32 Å². The molecule has 0 unspecified atom stereocenters. The molecule has 1 aromatic carbocycles. The number of anilines is 1. The molecule has 2 rings (SSSR count).